The molecule has 3 aromatic rings. The maximum absolute atomic E-state index is 13.0. The first-order valence-corrected chi connectivity index (χ1v) is 11.3. The summed E-state index contributed by atoms with van der Waals surface area (Å²) in [7, 11) is 0. The first kappa shape index (κ1) is 22.6. The number of thiazole rings is 1. The molecule has 9 heteroatoms. The van der Waals surface area contributed by atoms with E-state index in [0.717, 1.165) is 40.5 Å². The van der Waals surface area contributed by atoms with E-state index in [-0.39, 0.29) is 25.1 Å². The molecule has 1 amide bonds. The van der Waals surface area contributed by atoms with Crippen molar-refractivity contribution in [2.75, 3.05) is 37.9 Å². The molecule has 0 saturated heterocycles. The Bertz CT molecular complexity index is 975. The maximum Gasteiger partial charge on any atom is 0.252 e. The third-order valence-corrected chi connectivity index (χ3v) is 6.71. The van der Waals surface area contributed by atoms with Crippen LogP contribution in [0, 0.1) is 0 Å². The Morgan fingerprint density at radius 1 is 1.20 bits per heavy atom. The van der Waals surface area contributed by atoms with E-state index in [1.54, 1.807) is 22.3 Å². The van der Waals surface area contributed by atoms with Gasteiger partial charge in [-0.3, -0.25) is 9.69 Å². The molecule has 6 nitrogen and oxygen atoms in total. The van der Waals surface area contributed by atoms with Gasteiger partial charge in [0.1, 0.15) is 0 Å². The molecule has 0 unspecified atom stereocenters. The minimum absolute atomic E-state index is 0. The Kier molecular flexibility index (Phi) is 7.71. The van der Waals surface area contributed by atoms with Crippen molar-refractivity contribution in [2.45, 2.75) is 13.8 Å². The second-order valence-corrected chi connectivity index (χ2v) is 8.52. The minimum Gasteiger partial charge on any atom is -0.454 e. The van der Waals surface area contributed by atoms with Gasteiger partial charge in [-0.25, -0.2) is 4.98 Å². The van der Waals surface area contributed by atoms with Crippen LogP contribution in [0.4, 0.5) is 5.13 Å². The molecule has 30 heavy (non-hydrogen) atoms. The van der Waals surface area contributed by atoms with E-state index in [2.05, 4.69) is 18.7 Å². The Balaban J connectivity index is 0.00000256. The molecule has 0 saturated carbocycles. The number of likely N-dealkylation sites (N-methyl/N-ethyl adjacent to an activating group) is 1. The molecular weight excluding hydrogens is 442 g/mol. The molecule has 0 spiro atoms. The fourth-order valence-corrected chi connectivity index (χ4v) is 4.76. The molecule has 160 valence electrons. The standard InChI is InChI=1S/C21H23N3O3S2.ClH/c1-3-23(4-2)9-10-24(20(25)8-7-15-6-5-11-28-15)21-22-16-12-17-18(27-14-26-17)13-19(16)29-21;/h5-8,11-13H,3-4,9-10,14H2,1-2H3;1H. The van der Waals surface area contributed by atoms with Crippen LogP contribution in [0.2, 0.25) is 0 Å². The number of aromatic nitrogens is 1. The number of benzene rings is 1. The van der Waals surface area contributed by atoms with Crippen molar-refractivity contribution in [2.24, 2.45) is 0 Å². The van der Waals surface area contributed by atoms with E-state index in [4.69, 9.17) is 14.5 Å². The minimum atomic E-state index is -0.0651. The smallest absolute Gasteiger partial charge is 0.252 e. The quantitative estimate of drug-likeness (QED) is 0.443. The Morgan fingerprint density at radius 2 is 1.97 bits per heavy atom. The van der Waals surface area contributed by atoms with E-state index >= 15 is 0 Å². The second-order valence-electron chi connectivity index (χ2n) is 6.54. The van der Waals surface area contributed by atoms with Gasteiger partial charge in [-0.15, -0.1) is 23.7 Å². The third-order valence-electron chi connectivity index (χ3n) is 4.84. The average Bonchev–Trinajstić information content (AvgIpc) is 3.47. The first-order valence-electron chi connectivity index (χ1n) is 9.63. The lowest BCUT2D eigenvalue weighted by molar-refractivity contribution is -0.114. The number of ether oxygens (including phenoxy) is 2. The van der Waals surface area contributed by atoms with Gasteiger partial charge in [-0.2, -0.15) is 0 Å². The summed E-state index contributed by atoms with van der Waals surface area (Å²) >= 11 is 3.11. The highest BCUT2D eigenvalue weighted by atomic mass is 35.5. The lowest BCUT2D eigenvalue weighted by atomic mass is 10.3. The van der Waals surface area contributed by atoms with Gasteiger partial charge in [0, 0.05) is 36.2 Å². The van der Waals surface area contributed by atoms with Gasteiger partial charge in [-0.1, -0.05) is 31.3 Å². The van der Waals surface area contributed by atoms with Crippen LogP contribution < -0.4 is 14.4 Å². The van der Waals surface area contributed by atoms with E-state index in [1.807, 2.05) is 35.7 Å². The Labute approximate surface area is 190 Å². The number of carbonyl (C=O) groups is 1. The second kappa shape index (κ2) is 10.3. The van der Waals surface area contributed by atoms with Crippen LogP contribution in [0.15, 0.2) is 35.7 Å². The molecule has 1 aromatic carbocycles. The summed E-state index contributed by atoms with van der Waals surface area (Å²) in [6.45, 7) is 7.78. The van der Waals surface area contributed by atoms with Crippen LogP contribution in [-0.2, 0) is 4.79 Å². The van der Waals surface area contributed by atoms with Crippen LogP contribution in [0.5, 0.6) is 11.5 Å². The van der Waals surface area contributed by atoms with Crippen molar-refractivity contribution >= 4 is 62.4 Å². The normalized spacial score (nSPS) is 12.6. The summed E-state index contributed by atoms with van der Waals surface area (Å²) in [4.78, 5) is 22.9. The lowest BCUT2D eigenvalue weighted by Crippen LogP contribution is -2.38. The highest BCUT2D eigenvalue weighted by molar-refractivity contribution is 7.22. The predicted molar refractivity (Wildman–Crippen MR) is 126 cm³/mol. The summed E-state index contributed by atoms with van der Waals surface area (Å²) in [5.41, 5.74) is 0.817. The molecule has 0 aliphatic carbocycles. The van der Waals surface area contributed by atoms with Crippen LogP contribution in [0.1, 0.15) is 18.7 Å². The predicted octanol–water partition coefficient (Wildman–Crippen LogP) is 4.90. The van der Waals surface area contributed by atoms with Gasteiger partial charge in [0.25, 0.3) is 5.91 Å². The van der Waals surface area contributed by atoms with Gasteiger partial charge < -0.3 is 14.4 Å². The molecule has 0 N–H and O–H groups in total. The number of hydrogen-bond acceptors (Lipinski definition) is 7. The highest BCUT2D eigenvalue weighted by Crippen LogP contribution is 2.39. The number of carbonyl (C=O) groups excluding carboxylic acids is 1. The SMILES string of the molecule is CCN(CC)CCN(C(=O)C=Cc1cccs1)c1nc2cc3c(cc2s1)OCO3.Cl. The summed E-state index contributed by atoms with van der Waals surface area (Å²) in [5, 5.41) is 2.69. The van der Waals surface area contributed by atoms with E-state index in [0.29, 0.717) is 17.4 Å². The fourth-order valence-electron chi connectivity index (χ4n) is 3.13. The molecule has 4 rings (SSSR count). The molecule has 1 aliphatic heterocycles. The van der Waals surface area contributed by atoms with Crippen LogP contribution in [0.25, 0.3) is 16.3 Å². The van der Waals surface area contributed by atoms with Gasteiger partial charge >= 0.3 is 0 Å². The molecule has 2 aromatic heterocycles. The monoisotopic (exact) mass is 465 g/mol. The zero-order valence-electron chi connectivity index (χ0n) is 16.9. The van der Waals surface area contributed by atoms with Gasteiger partial charge in [-0.05, 0) is 30.6 Å². The van der Waals surface area contributed by atoms with Crippen molar-refractivity contribution < 1.29 is 14.3 Å². The molecule has 3 heterocycles. The number of rotatable bonds is 8. The number of hydrogen-bond donors (Lipinski definition) is 0. The third kappa shape index (κ3) is 4.95. The summed E-state index contributed by atoms with van der Waals surface area (Å²) in [5.74, 6) is 1.36. The Hall–Kier alpha value is -2.13. The van der Waals surface area contributed by atoms with E-state index in [1.165, 1.54) is 11.3 Å². The number of thiophene rings is 1. The van der Waals surface area contributed by atoms with Gasteiger partial charge in [0.15, 0.2) is 16.6 Å². The number of halogens is 1. The van der Waals surface area contributed by atoms with Gasteiger partial charge in [0.2, 0.25) is 6.79 Å². The number of amides is 1. The van der Waals surface area contributed by atoms with Crippen LogP contribution in [0.3, 0.4) is 0 Å². The molecule has 1 aliphatic rings. The molecular formula is C21H24ClN3O3S2. The molecule has 0 fully saturated rings. The Morgan fingerprint density at radius 3 is 2.67 bits per heavy atom. The fraction of sp³-hybridized carbons (Fsp3) is 0.333. The topological polar surface area (TPSA) is 54.9 Å². The summed E-state index contributed by atoms with van der Waals surface area (Å²) in [6, 6.07) is 7.79. The number of anilines is 1. The van der Waals surface area contributed by atoms with Crippen molar-refractivity contribution in [1.29, 1.82) is 0 Å². The average molecular weight is 466 g/mol. The van der Waals surface area contributed by atoms with Crippen LogP contribution >= 0.6 is 35.1 Å². The molecule has 0 bridgehead atoms. The van der Waals surface area contributed by atoms with Crippen LogP contribution in [-0.4, -0.2) is 48.8 Å². The van der Waals surface area contributed by atoms with Gasteiger partial charge in [0.05, 0.1) is 10.2 Å². The molecule has 0 radical (unpaired) electrons. The number of nitrogens with zero attached hydrogens (tertiary/aromatic N) is 3. The summed E-state index contributed by atoms with van der Waals surface area (Å²) < 4.78 is 11.9. The van der Waals surface area contributed by atoms with Crippen molar-refractivity contribution in [3.05, 3.63) is 40.6 Å². The van der Waals surface area contributed by atoms with E-state index < -0.39 is 0 Å². The largest absolute Gasteiger partial charge is 0.454 e. The molecule has 0 atom stereocenters. The zero-order valence-corrected chi connectivity index (χ0v) is 19.3. The van der Waals surface area contributed by atoms with E-state index in [9.17, 15) is 4.79 Å². The van der Waals surface area contributed by atoms with Crippen molar-refractivity contribution in [3.8, 4) is 11.5 Å². The first-order chi connectivity index (χ1) is 14.2. The maximum atomic E-state index is 13.0. The lowest BCUT2D eigenvalue weighted by Gasteiger charge is -2.23. The van der Waals surface area contributed by atoms with Crippen molar-refractivity contribution in [1.82, 2.24) is 9.88 Å². The highest BCUT2D eigenvalue weighted by Gasteiger charge is 2.21. The van der Waals surface area contributed by atoms with Crippen molar-refractivity contribution in [3.63, 3.8) is 0 Å². The zero-order chi connectivity index (χ0) is 20.2. The summed E-state index contributed by atoms with van der Waals surface area (Å²) in [6.07, 6.45) is 3.49. The number of fused-ring (bicyclic) bond motifs is 2.